The summed E-state index contributed by atoms with van der Waals surface area (Å²) in [5, 5.41) is 8.92. The van der Waals surface area contributed by atoms with Crippen molar-refractivity contribution in [1.29, 1.82) is 0 Å². The first kappa shape index (κ1) is 22.3. The van der Waals surface area contributed by atoms with E-state index >= 15 is 0 Å². The van der Waals surface area contributed by atoms with Crippen molar-refractivity contribution in [3.63, 3.8) is 0 Å². The van der Waals surface area contributed by atoms with Gasteiger partial charge in [0, 0.05) is 17.3 Å². The van der Waals surface area contributed by atoms with Crippen LogP contribution in [0, 0.1) is 0 Å². The van der Waals surface area contributed by atoms with Crippen LogP contribution in [0.5, 0.6) is 17.2 Å². The van der Waals surface area contributed by atoms with E-state index in [0.29, 0.717) is 28.4 Å². The van der Waals surface area contributed by atoms with E-state index in [4.69, 9.17) is 21.7 Å². The van der Waals surface area contributed by atoms with Crippen molar-refractivity contribution in [3.8, 4) is 17.2 Å². The van der Waals surface area contributed by atoms with Crippen molar-refractivity contribution in [3.05, 3.63) is 59.3 Å². The Labute approximate surface area is 183 Å². The molecule has 31 heavy (non-hydrogen) atoms. The molecule has 1 amide bonds. The number of para-hydroxylation sites is 1. The number of amides is 1. The fraction of sp³-hybridized carbons (Fsp3) is 0.238. The molecule has 0 unspecified atom stereocenters. The molecule has 3 rings (SSSR count). The lowest BCUT2D eigenvalue weighted by molar-refractivity contribution is -0.113. The predicted molar refractivity (Wildman–Crippen MR) is 116 cm³/mol. The lowest BCUT2D eigenvalue weighted by atomic mass is 9.94. The van der Waals surface area contributed by atoms with E-state index in [-0.39, 0.29) is 16.4 Å². The summed E-state index contributed by atoms with van der Waals surface area (Å²) in [6.07, 6.45) is 0. The van der Waals surface area contributed by atoms with Gasteiger partial charge in [-0.3, -0.25) is 4.79 Å². The number of anilines is 1. The molecular weight excluding hydrogens is 428 g/mol. The lowest BCUT2D eigenvalue weighted by Gasteiger charge is -2.31. The van der Waals surface area contributed by atoms with Crippen LogP contribution in [0.25, 0.3) is 0 Å². The number of carbonyl (C=O) groups excluding carboxylic acids is 1. The fourth-order valence-corrected chi connectivity index (χ4v) is 3.52. The van der Waals surface area contributed by atoms with Crippen molar-refractivity contribution in [2.24, 2.45) is 0 Å². The van der Waals surface area contributed by atoms with Gasteiger partial charge in [0.05, 0.1) is 31.5 Å². The molecule has 164 valence electrons. The highest BCUT2D eigenvalue weighted by Gasteiger charge is 2.32. The number of thiocarbonyl (C=S) groups is 1. The van der Waals surface area contributed by atoms with Crippen LogP contribution < -0.4 is 30.2 Å². The van der Waals surface area contributed by atoms with E-state index < -0.39 is 18.6 Å². The topological polar surface area (TPSA) is 80.9 Å². The number of allylic oxidation sites excluding steroid dienone is 1. The molecule has 10 heteroatoms. The van der Waals surface area contributed by atoms with Crippen LogP contribution in [-0.2, 0) is 4.79 Å². The molecule has 0 fully saturated rings. The van der Waals surface area contributed by atoms with Gasteiger partial charge in [-0.25, -0.2) is 0 Å². The second kappa shape index (κ2) is 9.61. The minimum atomic E-state index is -3.02. The first-order chi connectivity index (χ1) is 14.8. The van der Waals surface area contributed by atoms with Crippen molar-refractivity contribution in [2.45, 2.75) is 19.6 Å². The third-order valence-electron chi connectivity index (χ3n) is 4.61. The Kier molecular flexibility index (Phi) is 6.91. The highest BCUT2D eigenvalue weighted by atomic mass is 32.1. The maximum absolute atomic E-state index is 13.3. The Morgan fingerprint density at radius 2 is 1.87 bits per heavy atom. The number of alkyl halides is 2. The van der Waals surface area contributed by atoms with Gasteiger partial charge >= 0.3 is 6.61 Å². The summed E-state index contributed by atoms with van der Waals surface area (Å²) in [5.74, 6) is 0.410. The minimum absolute atomic E-state index is 0.0586. The third-order valence-corrected chi connectivity index (χ3v) is 4.83. The van der Waals surface area contributed by atoms with Crippen molar-refractivity contribution in [2.75, 3.05) is 19.5 Å². The van der Waals surface area contributed by atoms with Gasteiger partial charge in [-0.1, -0.05) is 18.2 Å². The number of methoxy groups -OCH3 is 2. The van der Waals surface area contributed by atoms with Crippen LogP contribution in [0.15, 0.2) is 53.7 Å². The van der Waals surface area contributed by atoms with Gasteiger partial charge in [0.1, 0.15) is 17.2 Å². The Morgan fingerprint density at radius 3 is 2.55 bits per heavy atom. The van der Waals surface area contributed by atoms with Crippen LogP contribution in [0.2, 0.25) is 0 Å². The Bertz CT molecular complexity index is 1030. The first-order valence-corrected chi connectivity index (χ1v) is 9.60. The summed E-state index contributed by atoms with van der Waals surface area (Å²) in [6.45, 7) is -1.34. The maximum atomic E-state index is 13.3. The second-order valence-electron chi connectivity index (χ2n) is 6.51. The normalized spacial score (nSPS) is 15.8. The number of carbonyl (C=O) groups is 1. The SMILES string of the molecule is COc1ccc(OC)c(NC(=O)C2=C(C)NC(=S)N[C@H]2c2ccccc2OC(F)F)c1. The summed E-state index contributed by atoms with van der Waals surface area (Å²) in [7, 11) is 2.98. The molecule has 1 atom stereocenters. The van der Waals surface area contributed by atoms with Crippen LogP contribution in [0.3, 0.4) is 0 Å². The Hall–Kier alpha value is -3.40. The van der Waals surface area contributed by atoms with Crippen molar-refractivity contribution >= 4 is 28.9 Å². The smallest absolute Gasteiger partial charge is 0.387 e. The van der Waals surface area contributed by atoms with Crippen LogP contribution in [-0.4, -0.2) is 31.9 Å². The number of hydrogen-bond donors (Lipinski definition) is 3. The first-order valence-electron chi connectivity index (χ1n) is 9.19. The van der Waals surface area contributed by atoms with Crippen LogP contribution in [0.4, 0.5) is 14.5 Å². The number of hydrogen-bond acceptors (Lipinski definition) is 5. The molecule has 3 N–H and O–H groups in total. The molecule has 7 nitrogen and oxygen atoms in total. The fourth-order valence-electron chi connectivity index (χ4n) is 3.25. The maximum Gasteiger partial charge on any atom is 0.387 e. The van der Waals surface area contributed by atoms with Crippen LogP contribution >= 0.6 is 12.2 Å². The average molecular weight is 449 g/mol. The van der Waals surface area contributed by atoms with Gasteiger partial charge in [-0.05, 0) is 37.3 Å². The van der Waals surface area contributed by atoms with Gasteiger partial charge < -0.3 is 30.2 Å². The summed E-state index contributed by atoms with van der Waals surface area (Å²) in [5.41, 5.74) is 1.45. The lowest BCUT2D eigenvalue weighted by Crippen LogP contribution is -2.45. The molecule has 0 spiro atoms. The summed E-state index contributed by atoms with van der Waals surface area (Å²) < 4.78 is 41.0. The highest BCUT2D eigenvalue weighted by Crippen LogP contribution is 2.35. The zero-order valence-electron chi connectivity index (χ0n) is 17.0. The number of nitrogens with one attached hydrogen (secondary N) is 3. The Morgan fingerprint density at radius 1 is 1.13 bits per heavy atom. The number of halogens is 2. The monoisotopic (exact) mass is 449 g/mol. The summed E-state index contributed by atoms with van der Waals surface area (Å²) in [4.78, 5) is 13.3. The van der Waals surface area contributed by atoms with E-state index in [2.05, 4.69) is 20.7 Å². The second-order valence-corrected chi connectivity index (χ2v) is 6.92. The van der Waals surface area contributed by atoms with Gasteiger partial charge in [0.15, 0.2) is 5.11 Å². The zero-order valence-corrected chi connectivity index (χ0v) is 17.8. The van der Waals surface area contributed by atoms with Crippen LogP contribution in [0.1, 0.15) is 18.5 Å². The molecule has 1 aliphatic rings. The molecule has 0 aliphatic carbocycles. The number of rotatable bonds is 7. The molecule has 0 radical (unpaired) electrons. The van der Waals surface area contributed by atoms with E-state index in [9.17, 15) is 13.6 Å². The molecule has 0 saturated carbocycles. The highest BCUT2D eigenvalue weighted by molar-refractivity contribution is 7.80. The van der Waals surface area contributed by atoms with Crippen molar-refractivity contribution in [1.82, 2.24) is 10.6 Å². The molecule has 1 heterocycles. The van der Waals surface area contributed by atoms with E-state index in [0.717, 1.165) is 0 Å². The van der Waals surface area contributed by atoms with Gasteiger partial charge in [-0.15, -0.1) is 0 Å². The number of ether oxygens (including phenoxy) is 3. The largest absolute Gasteiger partial charge is 0.497 e. The van der Waals surface area contributed by atoms with E-state index in [1.165, 1.54) is 20.3 Å². The quantitative estimate of drug-likeness (QED) is 0.556. The molecule has 0 saturated heterocycles. The third kappa shape index (κ3) is 5.02. The zero-order chi connectivity index (χ0) is 22.5. The van der Waals surface area contributed by atoms with E-state index in [1.54, 1.807) is 43.3 Å². The van der Waals surface area contributed by atoms with Gasteiger partial charge in [-0.2, -0.15) is 8.78 Å². The number of benzene rings is 2. The minimum Gasteiger partial charge on any atom is -0.497 e. The predicted octanol–water partition coefficient (Wildman–Crippen LogP) is 3.74. The standard InChI is InChI=1S/C21H21F2N3O4S/c1-11-17(19(27)25-14-10-12(28-2)8-9-16(14)29-3)18(26-21(31)24-11)13-6-4-5-7-15(13)30-20(22)23/h4-10,18,20H,1-3H3,(H,25,27)(H2,24,26,31)/t18-/m0/s1. The molecule has 2 aromatic carbocycles. The van der Waals surface area contributed by atoms with Gasteiger partial charge in [0.25, 0.3) is 5.91 Å². The molecule has 0 bridgehead atoms. The summed E-state index contributed by atoms with van der Waals surface area (Å²) in [6, 6.07) is 10.4. The van der Waals surface area contributed by atoms with Gasteiger partial charge in [0.2, 0.25) is 0 Å². The summed E-state index contributed by atoms with van der Waals surface area (Å²) >= 11 is 5.22. The molecule has 1 aliphatic heterocycles. The Balaban J connectivity index is 2.01. The average Bonchev–Trinajstić information content (AvgIpc) is 2.73. The van der Waals surface area contributed by atoms with Crippen molar-refractivity contribution < 1.29 is 27.8 Å². The van der Waals surface area contributed by atoms with E-state index in [1.807, 2.05) is 0 Å². The molecular formula is C21H21F2N3O4S. The molecule has 0 aromatic heterocycles. The molecule has 2 aromatic rings.